The molecule has 1 N–H and O–H groups in total. The molecule has 0 spiro atoms. The third-order valence-corrected chi connectivity index (χ3v) is 4.04. The second-order valence-electron chi connectivity index (χ2n) is 5.62. The Hall–Kier alpha value is -2.69. The molecule has 0 amide bonds. The predicted octanol–water partition coefficient (Wildman–Crippen LogP) is 3.18. The lowest BCUT2D eigenvalue weighted by Crippen LogP contribution is -2.40. The van der Waals surface area contributed by atoms with Crippen LogP contribution in [0.15, 0.2) is 42.5 Å². The normalized spacial score (nSPS) is 16.4. The van der Waals surface area contributed by atoms with Crippen molar-refractivity contribution in [2.45, 2.75) is 19.5 Å². The molecule has 0 aliphatic carbocycles. The Balaban J connectivity index is 1.92. The minimum Gasteiger partial charge on any atom is -0.497 e. The maximum absolute atomic E-state index is 11.2. The first-order valence-electron chi connectivity index (χ1n) is 7.48. The highest BCUT2D eigenvalue weighted by Crippen LogP contribution is 2.36. The lowest BCUT2D eigenvalue weighted by molar-refractivity contribution is 0.0697. The van der Waals surface area contributed by atoms with Crippen molar-refractivity contribution in [1.82, 2.24) is 0 Å². The summed E-state index contributed by atoms with van der Waals surface area (Å²) in [5.74, 6) is 0.606. The van der Waals surface area contributed by atoms with Gasteiger partial charge >= 0.3 is 5.97 Å². The van der Waals surface area contributed by atoms with Crippen LogP contribution in [0.1, 0.15) is 22.8 Å². The van der Waals surface area contributed by atoms with Crippen molar-refractivity contribution < 1.29 is 19.4 Å². The zero-order valence-electron chi connectivity index (χ0n) is 13.2. The summed E-state index contributed by atoms with van der Waals surface area (Å²) in [6.45, 7) is 3.33. The third-order valence-electron chi connectivity index (χ3n) is 4.04. The zero-order chi connectivity index (χ0) is 16.4. The molecule has 120 valence electrons. The second kappa shape index (κ2) is 6.20. The van der Waals surface area contributed by atoms with Gasteiger partial charge in [-0.15, -0.1) is 0 Å². The van der Waals surface area contributed by atoms with Gasteiger partial charge in [0.05, 0.1) is 24.4 Å². The Labute approximate surface area is 135 Å². The van der Waals surface area contributed by atoms with Crippen molar-refractivity contribution in [3.63, 3.8) is 0 Å². The molecular weight excluding hydrogens is 294 g/mol. The zero-order valence-corrected chi connectivity index (χ0v) is 13.2. The van der Waals surface area contributed by atoms with E-state index in [1.807, 2.05) is 24.3 Å². The number of anilines is 1. The summed E-state index contributed by atoms with van der Waals surface area (Å²) in [6.07, 6.45) is 0. The number of hydrogen-bond acceptors (Lipinski definition) is 4. The second-order valence-corrected chi connectivity index (χ2v) is 5.62. The van der Waals surface area contributed by atoms with Gasteiger partial charge in [-0.1, -0.05) is 12.1 Å². The highest BCUT2D eigenvalue weighted by molar-refractivity contribution is 5.89. The summed E-state index contributed by atoms with van der Waals surface area (Å²) in [7, 11) is 1.64. The van der Waals surface area contributed by atoms with Crippen LogP contribution in [0.5, 0.6) is 11.5 Å². The lowest BCUT2D eigenvalue weighted by Gasteiger charge is -2.37. The van der Waals surface area contributed by atoms with Gasteiger partial charge in [0.15, 0.2) is 0 Å². The summed E-state index contributed by atoms with van der Waals surface area (Å²) >= 11 is 0. The van der Waals surface area contributed by atoms with Crippen LogP contribution < -0.4 is 14.4 Å². The third kappa shape index (κ3) is 3.08. The first-order valence-corrected chi connectivity index (χ1v) is 7.48. The van der Waals surface area contributed by atoms with Gasteiger partial charge in [0.25, 0.3) is 0 Å². The summed E-state index contributed by atoms with van der Waals surface area (Å²) < 4.78 is 10.9. The van der Waals surface area contributed by atoms with E-state index in [-0.39, 0.29) is 11.6 Å². The maximum atomic E-state index is 11.2. The number of nitrogens with zero attached hydrogens (tertiary/aromatic N) is 1. The van der Waals surface area contributed by atoms with Crippen LogP contribution in [-0.4, -0.2) is 30.8 Å². The monoisotopic (exact) mass is 313 g/mol. The number of benzene rings is 2. The standard InChI is InChI=1S/C18H19NO4/c1-12-11-23-17-8-5-14(18(20)21)9-16(17)19(12)10-13-3-6-15(22-2)7-4-13/h3-9,12H,10-11H2,1-2H3,(H,20,21)/t12-/m0/s1. The molecule has 2 aromatic rings. The molecule has 23 heavy (non-hydrogen) atoms. The number of carboxylic acid groups (broad SMARTS) is 1. The molecule has 5 nitrogen and oxygen atoms in total. The molecule has 0 saturated heterocycles. The van der Waals surface area contributed by atoms with E-state index in [0.717, 1.165) is 22.7 Å². The fourth-order valence-electron chi connectivity index (χ4n) is 2.70. The molecule has 0 unspecified atom stereocenters. The largest absolute Gasteiger partial charge is 0.497 e. The Morgan fingerprint density at radius 1 is 1.30 bits per heavy atom. The molecule has 1 aliphatic rings. The average Bonchev–Trinajstić information content (AvgIpc) is 2.57. The highest BCUT2D eigenvalue weighted by Gasteiger charge is 2.25. The molecule has 0 saturated carbocycles. The molecule has 3 rings (SSSR count). The van der Waals surface area contributed by atoms with Crippen LogP contribution in [0, 0.1) is 0 Å². The molecule has 2 aromatic carbocycles. The number of methoxy groups -OCH3 is 1. The highest BCUT2D eigenvalue weighted by atomic mass is 16.5. The minimum absolute atomic E-state index is 0.161. The van der Waals surface area contributed by atoms with E-state index in [2.05, 4.69) is 11.8 Å². The molecule has 0 bridgehead atoms. The van der Waals surface area contributed by atoms with Gasteiger partial charge < -0.3 is 19.5 Å². The van der Waals surface area contributed by atoms with Crippen molar-refractivity contribution in [2.75, 3.05) is 18.6 Å². The number of fused-ring (bicyclic) bond motifs is 1. The van der Waals surface area contributed by atoms with Crippen molar-refractivity contribution in [3.8, 4) is 11.5 Å². The number of rotatable bonds is 4. The molecule has 1 heterocycles. The number of carboxylic acids is 1. The molecule has 0 aromatic heterocycles. The van der Waals surface area contributed by atoms with E-state index in [1.54, 1.807) is 25.3 Å². The lowest BCUT2D eigenvalue weighted by atomic mass is 10.1. The summed E-state index contributed by atoms with van der Waals surface area (Å²) in [6, 6.07) is 13.0. The minimum atomic E-state index is -0.935. The molecule has 0 radical (unpaired) electrons. The Kier molecular flexibility index (Phi) is 4.10. The Bertz CT molecular complexity index is 711. The van der Waals surface area contributed by atoms with E-state index >= 15 is 0 Å². The summed E-state index contributed by atoms with van der Waals surface area (Å²) in [5.41, 5.74) is 2.21. The fourth-order valence-corrected chi connectivity index (χ4v) is 2.70. The predicted molar refractivity (Wildman–Crippen MR) is 87.5 cm³/mol. The van der Waals surface area contributed by atoms with Crippen LogP contribution in [0.25, 0.3) is 0 Å². The van der Waals surface area contributed by atoms with Gasteiger partial charge in [-0.2, -0.15) is 0 Å². The van der Waals surface area contributed by atoms with Crippen LogP contribution >= 0.6 is 0 Å². The van der Waals surface area contributed by atoms with Gasteiger partial charge in [0.1, 0.15) is 18.1 Å². The fraction of sp³-hybridized carbons (Fsp3) is 0.278. The quantitative estimate of drug-likeness (QED) is 0.939. The van der Waals surface area contributed by atoms with E-state index in [1.165, 1.54) is 0 Å². The van der Waals surface area contributed by atoms with E-state index in [4.69, 9.17) is 9.47 Å². The van der Waals surface area contributed by atoms with Crippen LogP contribution in [0.4, 0.5) is 5.69 Å². The molecule has 1 atom stereocenters. The molecule has 5 heteroatoms. The van der Waals surface area contributed by atoms with Crippen molar-refractivity contribution in [2.24, 2.45) is 0 Å². The van der Waals surface area contributed by atoms with Crippen molar-refractivity contribution >= 4 is 11.7 Å². The van der Waals surface area contributed by atoms with E-state index < -0.39 is 5.97 Å². The topological polar surface area (TPSA) is 59.0 Å². The van der Waals surface area contributed by atoms with Gasteiger partial charge in [0, 0.05) is 6.54 Å². The van der Waals surface area contributed by atoms with Crippen molar-refractivity contribution in [1.29, 1.82) is 0 Å². The van der Waals surface area contributed by atoms with Gasteiger partial charge in [-0.05, 0) is 42.8 Å². The molecule has 0 fully saturated rings. The number of carbonyl (C=O) groups is 1. The van der Waals surface area contributed by atoms with Crippen LogP contribution in [0.3, 0.4) is 0 Å². The van der Waals surface area contributed by atoms with Gasteiger partial charge in [-0.3, -0.25) is 0 Å². The Morgan fingerprint density at radius 2 is 2.04 bits per heavy atom. The summed E-state index contributed by atoms with van der Waals surface area (Å²) in [4.78, 5) is 13.4. The Morgan fingerprint density at radius 3 is 2.70 bits per heavy atom. The molecular formula is C18H19NO4. The number of aromatic carboxylic acids is 1. The first-order chi connectivity index (χ1) is 11.1. The SMILES string of the molecule is COc1ccc(CN2c3cc(C(=O)O)ccc3OC[C@@H]2C)cc1. The van der Waals surface area contributed by atoms with Crippen molar-refractivity contribution in [3.05, 3.63) is 53.6 Å². The van der Waals surface area contributed by atoms with E-state index in [0.29, 0.717) is 13.2 Å². The average molecular weight is 313 g/mol. The van der Waals surface area contributed by atoms with E-state index in [9.17, 15) is 9.90 Å². The smallest absolute Gasteiger partial charge is 0.335 e. The van der Waals surface area contributed by atoms with Crippen LogP contribution in [-0.2, 0) is 6.54 Å². The van der Waals surface area contributed by atoms with Crippen LogP contribution in [0.2, 0.25) is 0 Å². The number of hydrogen-bond donors (Lipinski definition) is 1. The first kappa shape index (κ1) is 15.2. The summed E-state index contributed by atoms with van der Waals surface area (Å²) in [5, 5.41) is 9.21. The van der Waals surface area contributed by atoms with Gasteiger partial charge in [-0.25, -0.2) is 4.79 Å². The maximum Gasteiger partial charge on any atom is 0.335 e. The van der Waals surface area contributed by atoms with Gasteiger partial charge in [0.2, 0.25) is 0 Å². The molecule has 1 aliphatic heterocycles. The number of ether oxygens (including phenoxy) is 2.